The van der Waals surface area contributed by atoms with Crippen LogP contribution in [0.4, 0.5) is 0 Å². The molecule has 1 aliphatic carbocycles. The molecule has 0 radical (unpaired) electrons. The quantitative estimate of drug-likeness (QED) is 0.858. The molecule has 1 amide bonds. The van der Waals surface area contributed by atoms with Gasteiger partial charge >= 0.3 is 0 Å². The Balaban J connectivity index is 1.84. The van der Waals surface area contributed by atoms with Crippen LogP contribution in [0.3, 0.4) is 0 Å². The Morgan fingerprint density at radius 2 is 2.12 bits per heavy atom. The molecule has 0 unspecified atom stereocenters. The molecule has 25 heavy (non-hydrogen) atoms. The van der Waals surface area contributed by atoms with Crippen molar-refractivity contribution in [3.05, 3.63) is 58.2 Å². The van der Waals surface area contributed by atoms with E-state index in [4.69, 9.17) is 16.3 Å². The number of halogens is 1. The predicted molar refractivity (Wildman–Crippen MR) is 95.9 cm³/mol. The van der Waals surface area contributed by atoms with Crippen molar-refractivity contribution in [2.24, 2.45) is 5.92 Å². The van der Waals surface area contributed by atoms with E-state index in [9.17, 15) is 9.90 Å². The SMILES string of the molecule is COc1ccc([C@@H](NC(=O)c2cccc(C)c2Cl)C2CC(O)C2)cn1. The van der Waals surface area contributed by atoms with Gasteiger partial charge in [0.15, 0.2) is 0 Å². The van der Waals surface area contributed by atoms with Gasteiger partial charge in [0, 0.05) is 12.3 Å². The lowest BCUT2D eigenvalue weighted by atomic mass is 9.75. The van der Waals surface area contributed by atoms with E-state index in [1.165, 1.54) is 0 Å². The maximum absolute atomic E-state index is 12.7. The van der Waals surface area contributed by atoms with Gasteiger partial charge in [0.1, 0.15) is 0 Å². The number of pyridine rings is 1. The van der Waals surface area contributed by atoms with Crippen LogP contribution in [-0.4, -0.2) is 29.2 Å². The van der Waals surface area contributed by atoms with Crippen LogP contribution in [0.25, 0.3) is 0 Å². The molecule has 1 atom stereocenters. The number of carbonyl (C=O) groups is 1. The number of aromatic nitrogens is 1. The summed E-state index contributed by atoms with van der Waals surface area (Å²) in [7, 11) is 1.56. The molecule has 6 heteroatoms. The number of aliphatic hydroxyl groups excluding tert-OH is 1. The van der Waals surface area contributed by atoms with E-state index in [1.807, 2.05) is 25.1 Å². The molecule has 132 valence electrons. The highest BCUT2D eigenvalue weighted by molar-refractivity contribution is 6.34. The lowest BCUT2D eigenvalue weighted by molar-refractivity contribution is 0.0234. The Labute approximate surface area is 152 Å². The first kappa shape index (κ1) is 17.7. The van der Waals surface area contributed by atoms with E-state index in [2.05, 4.69) is 10.3 Å². The summed E-state index contributed by atoms with van der Waals surface area (Å²) in [6, 6.07) is 8.82. The first-order valence-corrected chi connectivity index (χ1v) is 8.61. The molecule has 1 aromatic carbocycles. The Hall–Kier alpha value is -2.11. The number of amides is 1. The van der Waals surface area contributed by atoms with E-state index in [0.717, 1.165) is 11.1 Å². The highest BCUT2D eigenvalue weighted by atomic mass is 35.5. The number of ether oxygens (including phenoxy) is 1. The molecule has 1 fully saturated rings. The minimum Gasteiger partial charge on any atom is -0.481 e. The van der Waals surface area contributed by atoms with Crippen LogP contribution in [0.15, 0.2) is 36.5 Å². The zero-order valence-corrected chi connectivity index (χ0v) is 15.0. The molecule has 2 N–H and O–H groups in total. The van der Waals surface area contributed by atoms with Crippen molar-refractivity contribution in [1.82, 2.24) is 10.3 Å². The third kappa shape index (κ3) is 3.78. The highest BCUT2D eigenvalue weighted by Gasteiger charge is 2.36. The fraction of sp³-hybridized carbons (Fsp3) is 0.368. The molecule has 1 aromatic heterocycles. The molecule has 1 aliphatic rings. The number of carbonyl (C=O) groups excluding carboxylic acids is 1. The van der Waals surface area contributed by atoms with Crippen molar-refractivity contribution in [2.75, 3.05) is 7.11 Å². The van der Waals surface area contributed by atoms with Gasteiger partial charge in [0.25, 0.3) is 5.91 Å². The number of aliphatic hydroxyl groups is 1. The summed E-state index contributed by atoms with van der Waals surface area (Å²) >= 11 is 6.28. The number of aryl methyl sites for hydroxylation is 1. The van der Waals surface area contributed by atoms with Crippen molar-refractivity contribution in [2.45, 2.75) is 31.9 Å². The van der Waals surface area contributed by atoms with Crippen LogP contribution in [-0.2, 0) is 0 Å². The van der Waals surface area contributed by atoms with E-state index in [0.29, 0.717) is 29.3 Å². The number of nitrogens with zero attached hydrogens (tertiary/aromatic N) is 1. The number of hydrogen-bond donors (Lipinski definition) is 2. The first-order chi connectivity index (χ1) is 12.0. The minimum atomic E-state index is -0.307. The maximum atomic E-state index is 12.7. The van der Waals surface area contributed by atoms with Crippen LogP contribution < -0.4 is 10.1 Å². The normalized spacial score (nSPS) is 20.5. The average Bonchev–Trinajstić information content (AvgIpc) is 2.59. The van der Waals surface area contributed by atoms with E-state index < -0.39 is 0 Å². The van der Waals surface area contributed by atoms with Crippen LogP contribution in [0, 0.1) is 12.8 Å². The first-order valence-electron chi connectivity index (χ1n) is 8.23. The second-order valence-electron chi connectivity index (χ2n) is 6.41. The van der Waals surface area contributed by atoms with Crippen molar-refractivity contribution in [1.29, 1.82) is 0 Å². The van der Waals surface area contributed by atoms with Crippen molar-refractivity contribution < 1.29 is 14.6 Å². The second-order valence-corrected chi connectivity index (χ2v) is 6.78. The Morgan fingerprint density at radius 1 is 1.36 bits per heavy atom. The summed E-state index contributed by atoms with van der Waals surface area (Å²) in [4.78, 5) is 17.0. The topological polar surface area (TPSA) is 71.5 Å². The van der Waals surface area contributed by atoms with Crippen molar-refractivity contribution in [3.63, 3.8) is 0 Å². The van der Waals surface area contributed by atoms with Gasteiger partial charge in [0.05, 0.1) is 29.8 Å². The summed E-state index contributed by atoms with van der Waals surface area (Å²) in [5, 5.41) is 13.2. The van der Waals surface area contributed by atoms with Crippen LogP contribution in [0.5, 0.6) is 5.88 Å². The average molecular weight is 361 g/mol. The van der Waals surface area contributed by atoms with E-state index in [-0.39, 0.29) is 24.0 Å². The fourth-order valence-corrected chi connectivity index (χ4v) is 3.33. The van der Waals surface area contributed by atoms with Gasteiger partial charge in [-0.05, 0) is 42.9 Å². The zero-order chi connectivity index (χ0) is 18.0. The van der Waals surface area contributed by atoms with Gasteiger partial charge < -0.3 is 15.2 Å². The van der Waals surface area contributed by atoms with Gasteiger partial charge in [-0.25, -0.2) is 4.98 Å². The molecule has 3 rings (SSSR count). The Kier molecular flexibility index (Phi) is 5.25. The molecule has 1 saturated carbocycles. The number of rotatable bonds is 5. The van der Waals surface area contributed by atoms with Crippen LogP contribution in [0.1, 0.15) is 40.4 Å². The van der Waals surface area contributed by atoms with Gasteiger partial charge in [-0.15, -0.1) is 0 Å². The predicted octanol–water partition coefficient (Wildman–Crippen LogP) is 3.29. The minimum absolute atomic E-state index is 0.165. The molecule has 0 bridgehead atoms. The molecular weight excluding hydrogens is 340 g/mol. The number of benzene rings is 1. The third-order valence-corrected chi connectivity index (χ3v) is 5.17. The standard InChI is InChI=1S/C19H21ClN2O3/c1-11-4-3-5-15(17(11)20)19(24)22-18(13-8-14(23)9-13)12-6-7-16(25-2)21-10-12/h3-7,10,13-14,18,23H,8-9H2,1-2H3,(H,22,24)/t13?,14?,18-/m1/s1. The van der Waals surface area contributed by atoms with E-state index >= 15 is 0 Å². The third-order valence-electron chi connectivity index (χ3n) is 4.67. The zero-order valence-electron chi connectivity index (χ0n) is 14.2. The van der Waals surface area contributed by atoms with Gasteiger partial charge in [-0.3, -0.25) is 4.79 Å². The van der Waals surface area contributed by atoms with Gasteiger partial charge in [0.2, 0.25) is 5.88 Å². The smallest absolute Gasteiger partial charge is 0.253 e. The summed E-state index contributed by atoms with van der Waals surface area (Å²) in [6.07, 6.45) is 2.70. The molecule has 5 nitrogen and oxygen atoms in total. The summed E-state index contributed by atoms with van der Waals surface area (Å²) in [6.45, 7) is 1.87. The van der Waals surface area contributed by atoms with E-state index in [1.54, 1.807) is 25.4 Å². The molecule has 0 saturated heterocycles. The molecule has 2 aromatic rings. The van der Waals surface area contributed by atoms with Gasteiger partial charge in [-0.1, -0.05) is 29.8 Å². The summed E-state index contributed by atoms with van der Waals surface area (Å²) in [5.74, 6) is 0.456. The fourth-order valence-electron chi connectivity index (χ4n) is 3.11. The van der Waals surface area contributed by atoms with Crippen LogP contribution >= 0.6 is 11.6 Å². The largest absolute Gasteiger partial charge is 0.481 e. The lowest BCUT2D eigenvalue weighted by Gasteiger charge is -2.38. The summed E-state index contributed by atoms with van der Waals surface area (Å²) in [5.41, 5.74) is 2.19. The Bertz CT molecular complexity index is 758. The number of hydrogen-bond acceptors (Lipinski definition) is 4. The maximum Gasteiger partial charge on any atom is 0.253 e. The van der Waals surface area contributed by atoms with Crippen LogP contribution in [0.2, 0.25) is 5.02 Å². The second kappa shape index (κ2) is 7.42. The number of methoxy groups -OCH3 is 1. The molecule has 0 aliphatic heterocycles. The van der Waals surface area contributed by atoms with Crippen molar-refractivity contribution >= 4 is 17.5 Å². The lowest BCUT2D eigenvalue weighted by Crippen LogP contribution is -2.41. The Morgan fingerprint density at radius 3 is 2.72 bits per heavy atom. The number of nitrogens with one attached hydrogen (secondary N) is 1. The monoisotopic (exact) mass is 360 g/mol. The highest BCUT2D eigenvalue weighted by Crippen LogP contribution is 2.38. The molecule has 1 heterocycles. The van der Waals surface area contributed by atoms with Crippen molar-refractivity contribution in [3.8, 4) is 5.88 Å². The van der Waals surface area contributed by atoms with Gasteiger partial charge in [-0.2, -0.15) is 0 Å². The summed E-state index contributed by atoms with van der Waals surface area (Å²) < 4.78 is 5.09. The molecule has 0 spiro atoms. The molecular formula is C19H21ClN2O3.